The number of methoxy groups -OCH3 is 3. The second-order valence-electron chi connectivity index (χ2n) is 6.71. The quantitative estimate of drug-likeness (QED) is 0.601. The number of carbonyl (C=O) groups is 1. The molecule has 6 nitrogen and oxygen atoms in total. The maximum atomic E-state index is 13.3. The Morgan fingerprint density at radius 1 is 1.10 bits per heavy atom. The van der Waals surface area contributed by atoms with Gasteiger partial charge in [-0.05, 0) is 29.8 Å². The summed E-state index contributed by atoms with van der Waals surface area (Å²) >= 11 is 12.3. The Morgan fingerprint density at radius 3 is 2.30 bits per heavy atom. The van der Waals surface area contributed by atoms with E-state index in [4.69, 9.17) is 42.1 Å². The third-order valence-electron chi connectivity index (χ3n) is 5.08. The first-order valence-corrected chi connectivity index (χ1v) is 9.97. The fourth-order valence-electron chi connectivity index (χ4n) is 3.48. The summed E-state index contributed by atoms with van der Waals surface area (Å²) in [6.07, 6.45) is 1.68. The highest BCUT2D eigenvalue weighted by atomic mass is 35.5. The van der Waals surface area contributed by atoms with E-state index in [2.05, 4.69) is 6.58 Å². The highest BCUT2D eigenvalue weighted by Crippen LogP contribution is 2.39. The van der Waals surface area contributed by atoms with E-state index in [-0.39, 0.29) is 12.5 Å². The maximum absolute atomic E-state index is 13.3. The Bertz CT molecular complexity index is 940. The standard InChI is InChI=1S/C22H23Cl2NO5/c1-5-22(15-6-7-16(23)17(24)12-15)13-25(8-9-30-22)21(26)14-10-18(27-2)20(29-4)19(11-14)28-3/h5-7,10-12H,1,8-9,13H2,2-4H3. The summed E-state index contributed by atoms with van der Waals surface area (Å²) < 4.78 is 22.1. The minimum Gasteiger partial charge on any atom is -0.493 e. The van der Waals surface area contributed by atoms with Crippen molar-refractivity contribution in [3.8, 4) is 17.2 Å². The summed E-state index contributed by atoms with van der Waals surface area (Å²) in [6.45, 7) is 4.96. The zero-order valence-electron chi connectivity index (χ0n) is 17.0. The third kappa shape index (κ3) is 4.08. The lowest BCUT2D eigenvalue weighted by Crippen LogP contribution is -2.51. The van der Waals surface area contributed by atoms with Crippen LogP contribution in [0.15, 0.2) is 43.0 Å². The van der Waals surface area contributed by atoms with Gasteiger partial charge in [0.1, 0.15) is 5.60 Å². The summed E-state index contributed by atoms with van der Waals surface area (Å²) in [4.78, 5) is 15.0. The summed E-state index contributed by atoms with van der Waals surface area (Å²) in [6, 6.07) is 8.53. The van der Waals surface area contributed by atoms with Crippen molar-refractivity contribution in [2.75, 3.05) is 41.0 Å². The number of benzene rings is 2. The molecule has 1 aliphatic rings. The molecule has 160 valence electrons. The van der Waals surface area contributed by atoms with Crippen LogP contribution < -0.4 is 14.2 Å². The van der Waals surface area contributed by atoms with Crippen LogP contribution in [-0.2, 0) is 10.3 Å². The number of rotatable bonds is 6. The second-order valence-corrected chi connectivity index (χ2v) is 7.53. The molecule has 0 N–H and O–H groups in total. The summed E-state index contributed by atoms with van der Waals surface area (Å²) in [5.74, 6) is 1.06. The van der Waals surface area contributed by atoms with Gasteiger partial charge in [-0.15, -0.1) is 0 Å². The zero-order valence-corrected chi connectivity index (χ0v) is 18.5. The Hall–Kier alpha value is -2.41. The molecular formula is C22H23Cl2NO5. The van der Waals surface area contributed by atoms with Gasteiger partial charge in [0.25, 0.3) is 5.91 Å². The van der Waals surface area contributed by atoms with Gasteiger partial charge in [0, 0.05) is 12.1 Å². The van der Waals surface area contributed by atoms with Gasteiger partial charge in [0.2, 0.25) is 5.75 Å². The van der Waals surface area contributed by atoms with Gasteiger partial charge in [0.15, 0.2) is 11.5 Å². The largest absolute Gasteiger partial charge is 0.493 e. The van der Waals surface area contributed by atoms with Gasteiger partial charge in [-0.25, -0.2) is 0 Å². The van der Waals surface area contributed by atoms with Crippen LogP contribution in [0.1, 0.15) is 15.9 Å². The molecule has 0 saturated carbocycles. The lowest BCUT2D eigenvalue weighted by atomic mass is 9.91. The van der Waals surface area contributed by atoms with Gasteiger partial charge in [0.05, 0.1) is 44.5 Å². The first kappa shape index (κ1) is 22.3. The van der Waals surface area contributed by atoms with E-state index >= 15 is 0 Å². The van der Waals surface area contributed by atoms with Crippen LogP contribution in [0.25, 0.3) is 0 Å². The number of ether oxygens (including phenoxy) is 4. The lowest BCUT2D eigenvalue weighted by Gasteiger charge is -2.41. The average molecular weight is 452 g/mol. The molecule has 1 aliphatic heterocycles. The van der Waals surface area contributed by atoms with Crippen molar-refractivity contribution in [1.29, 1.82) is 0 Å². The smallest absolute Gasteiger partial charge is 0.254 e. The fraction of sp³-hybridized carbons (Fsp3) is 0.318. The molecular weight excluding hydrogens is 429 g/mol. The van der Waals surface area contributed by atoms with Gasteiger partial charge >= 0.3 is 0 Å². The fourth-order valence-corrected chi connectivity index (χ4v) is 3.78. The molecule has 0 aliphatic carbocycles. The van der Waals surface area contributed by atoms with Gasteiger partial charge < -0.3 is 23.8 Å². The van der Waals surface area contributed by atoms with Crippen molar-refractivity contribution in [3.63, 3.8) is 0 Å². The predicted octanol–water partition coefficient (Wildman–Crippen LogP) is 4.57. The number of carbonyl (C=O) groups excluding carboxylic acids is 1. The van der Waals surface area contributed by atoms with E-state index in [9.17, 15) is 4.79 Å². The second kappa shape index (κ2) is 9.16. The molecule has 1 saturated heterocycles. The minimum absolute atomic E-state index is 0.191. The molecule has 0 spiro atoms. The molecule has 0 radical (unpaired) electrons. The van der Waals surface area contributed by atoms with E-state index < -0.39 is 5.60 Å². The van der Waals surface area contributed by atoms with Crippen molar-refractivity contribution < 1.29 is 23.7 Å². The predicted molar refractivity (Wildman–Crippen MR) is 116 cm³/mol. The van der Waals surface area contributed by atoms with Crippen LogP contribution in [0.2, 0.25) is 10.0 Å². The average Bonchev–Trinajstić information content (AvgIpc) is 2.79. The third-order valence-corrected chi connectivity index (χ3v) is 5.82. The van der Waals surface area contributed by atoms with E-state index in [1.165, 1.54) is 21.3 Å². The number of halogens is 2. The van der Waals surface area contributed by atoms with E-state index in [0.717, 1.165) is 5.56 Å². The van der Waals surface area contributed by atoms with E-state index in [1.54, 1.807) is 35.2 Å². The Balaban J connectivity index is 1.95. The topological polar surface area (TPSA) is 57.2 Å². The Kier molecular flexibility index (Phi) is 6.81. The number of hydrogen-bond donors (Lipinski definition) is 0. The normalized spacial score (nSPS) is 18.6. The molecule has 1 amide bonds. The summed E-state index contributed by atoms with van der Waals surface area (Å²) in [7, 11) is 4.53. The Morgan fingerprint density at radius 2 is 1.77 bits per heavy atom. The SMILES string of the molecule is C=CC1(c2ccc(Cl)c(Cl)c2)CN(C(=O)c2cc(OC)c(OC)c(OC)c2)CCO1. The Labute approximate surface area is 185 Å². The molecule has 0 bridgehead atoms. The lowest BCUT2D eigenvalue weighted by molar-refractivity contribution is -0.0735. The van der Waals surface area contributed by atoms with E-state index in [0.29, 0.717) is 46.0 Å². The summed E-state index contributed by atoms with van der Waals surface area (Å²) in [5, 5.41) is 0.855. The van der Waals surface area contributed by atoms with Crippen LogP contribution in [0, 0.1) is 0 Å². The molecule has 2 aromatic carbocycles. The molecule has 2 aromatic rings. The van der Waals surface area contributed by atoms with Crippen LogP contribution >= 0.6 is 23.2 Å². The van der Waals surface area contributed by atoms with Crippen LogP contribution in [0.3, 0.4) is 0 Å². The van der Waals surface area contributed by atoms with Crippen molar-refractivity contribution >= 4 is 29.1 Å². The number of amides is 1. The van der Waals surface area contributed by atoms with E-state index in [1.807, 2.05) is 6.07 Å². The van der Waals surface area contributed by atoms with Crippen molar-refractivity contribution in [2.45, 2.75) is 5.60 Å². The van der Waals surface area contributed by atoms with Crippen LogP contribution in [0.5, 0.6) is 17.2 Å². The maximum Gasteiger partial charge on any atom is 0.254 e. The first-order valence-electron chi connectivity index (χ1n) is 9.21. The number of nitrogens with zero attached hydrogens (tertiary/aromatic N) is 1. The number of morpholine rings is 1. The number of hydrogen-bond acceptors (Lipinski definition) is 5. The summed E-state index contributed by atoms with van der Waals surface area (Å²) in [5.41, 5.74) is 0.288. The van der Waals surface area contributed by atoms with Gasteiger partial charge in [-0.1, -0.05) is 41.9 Å². The molecule has 30 heavy (non-hydrogen) atoms. The molecule has 1 heterocycles. The van der Waals surface area contributed by atoms with Crippen molar-refractivity contribution in [2.24, 2.45) is 0 Å². The highest BCUT2D eigenvalue weighted by molar-refractivity contribution is 6.42. The minimum atomic E-state index is -0.900. The molecule has 1 unspecified atom stereocenters. The molecule has 1 atom stereocenters. The van der Waals surface area contributed by atoms with Crippen molar-refractivity contribution in [3.05, 3.63) is 64.2 Å². The first-order chi connectivity index (χ1) is 14.4. The molecule has 1 fully saturated rings. The monoisotopic (exact) mass is 451 g/mol. The van der Waals surface area contributed by atoms with Crippen LogP contribution in [-0.4, -0.2) is 51.8 Å². The van der Waals surface area contributed by atoms with Crippen molar-refractivity contribution in [1.82, 2.24) is 4.90 Å². The van der Waals surface area contributed by atoms with Gasteiger partial charge in [-0.2, -0.15) is 0 Å². The van der Waals surface area contributed by atoms with Crippen LogP contribution in [0.4, 0.5) is 0 Å². The zero-order chi connectivity index (χ0) is 21.9. The molecule has 3 rings (SSSR count). The molecule has 8 heteroatoms. The molecule has 0 aromatic heterocycles. The van der Waals surface area contributed by atoms with Gasteiger partial charge in [-0.3, -0.25) is 4.79 Å². The highest BCUT2D eigenvalue weighted by Gasteiger charge is 2.38.